The van der Waals surface area contributed by atoms with Crippen LogP contribution in [0, 0.1) is 0 Å². The smallest absolute Gasteiger partial charge is 0.143 e. The van der Waals surface area contributed by atoms with E-state index in [0.717, 1.165) is 83.2 Å². The molecule has 0 fully saturated rings. The first-order chi connectivity index (χ1) is 32.2. The van der Waals surface area contributed by atoms with Crippen LogP contribution in [0.15, 0.2) is 245 Å². The third kappa shape index (κ3) is 6.05. The normalized spacial score (nSPS) is 11.7. The molecular weight excluding hydrogens is 791 g/mol. The molecule has 0 radical (unpaired) electrons. The standard InChI is InChI=1S/C62H39NO2/c1-3-15-42(16-4-1)59-51-21-8-7-19-48(51)49-38-33-44(39-54(49)60(59)43-17-5-2-6-18-43)40-29-34-45(35-30-40)63(55-25-14-28-58-61(55)53-22-10-12-27-57(53)64-58)46-36-31-41(32-37-46)47-23-13-24-52-50-20-9-11-26-56(50)65-62(47)52/h1-39H. The quantitative estimate of drug-likeness (QED) is 0.150. The minimum Gasteiger partial charge on any atom is -0.456 e. The van der Waals surface area contributed by atoms with Gasteiger partial charge in [0.15, 0.2) is 0 Å². The first kappa shape index (κ1) is 36.9. The highest BCUT2D eigenvalue weighted by atomic mass is 16.3. The van der Waals surface area contributed by atoms with E-state index in [-0.39, 0.29) is 0 Å². The fourth-order valence-electron chi connectivity index (χ4n) is 10.1. The lowest BCUT2D eigenvalue weighted by atomic mass is 9.84. The van der Waals surface area contributed by atoms with Crippen molar-refractivity contribution in [2.75, 3.05) is 4.90 Å². The van der Waals surface area contributed by atoms with E-state index in [1.807, 2.05) is 24.3 Å². The Balaban J connectivity index is 0.964. The molecule has 0 atom stereocenters. The highest BCUT2D eigenvalue weighted by Crippen LogP contribution is 2.47. The average molecular weight is 830 g/mol. The van der Waals surface area contributed by atoms with Gasteiger partial charge in [-0.05, 0) is 115 Å². The van der Waals surface area contributed by atoms with Crippen molar-refractivity contribution in [3.63, 3.8) is 0 Å². The third-order valence-electron chi connectivity index (χ3n) is 13.1. The number of benzene rings is 11. The van der Waals surface area contributed by atoms with Gasteiger partial charge >= 0.3 is 0 Å². The third-order valence-corrected chi connectivity index (χ3v) is 13.1. The molecule has 0 N–H and O–H groups in total. The summed E-state index contributed by atoms with van der Waals surface area (Å²) in [6.45, 7) is 0. The molecule has 0 unspecified atom stereocenters. The minimum absolute atomic E-state index is 0.853. The van der Waals surface area contributed by atoms with E-state index in [2.05, 4.69) is 217 Å². The van der Waals surface area contributed by atoms with Crippen molar-refractivity contribution in [2.45, 2.75) is 0 Å². The minimum atomic E-state index is 0.853. The molecule has 304 valence electrons. The molecule has 3 heteroatoms. The zero-order valence-electron chi connectivity index (χ0n) is 35.3. The molecule has 13 rings (SSSR count). The van der Waals surface area contributed by atoms with Gasteiger partial charge < -0.3 is 13.7 Å². The van der Waals surface area contributed by atoms with Crippen LogP contribution in [0.25, 0.3) is 110 Å². The van der Waals surface area contributed by atoms with Crippen molar-refractivity contribution in [1.29, 1.82) is 0 Å². The molecule has 0 spiro atoms. The maximum atomic E-state index is 6.46. The first-order valence-corrected chi connectivity index (χ1v) is 22.2. The van der Waals surface area contributed by atoms with Gasteiger partial charge in [0.05, 0.1) is 11.1 Å². The van der Waals surface area contributed by atoms with E-state index >= 15 is 0 Å². The largest absolute Gasteiger partial charge is 0.456 e. The fraction of sp³-hybridized carbons (Fsp3) is 0. The van der Waals surface area contributed by atoms with E-state index < -0.39 is 0 Å². The van der Waals surface area contributed by atoms with Gasteiger partial charge in [-0.3, -0.25) is 0 Å². The van der Waals surface area contributed by atoms with Crippen LogP contribution in [-0.4, -0.2) is 0 Å². The van der Waals surface area contributed by atoms with Crippen LogP contribution in [0.3, 0.4) is 0 Å². The van der Waals surface area contributed by atoms with Gasteiger partial charge in [0.25, 0.3) is 0 Å². The molecule has 0 bridgehead atoms. The number of nitrogens with zero attached hydrogens (tertiary/aromatic N) is 1. The van der Waals surface area contributed by atoms with Crippen LogP contribution in [0.2, 0.25) is 0 Å². The molecule has 0 saturated heterocycles. The Morgan fingerprint density at radius 3 is 1.49 bits per heavy atom. The topological polar surface area (TPSA) is 29.5 Å². The summed E-state index contributed by atoms with van der Waals surface area (Å²) in [5.74, 6) is 0. The van der Waals surface area contributed by atoms with E-state index in [1.54, 1.807) is 0 Å². The number of anilines is 3. The van der Waals surface area contributed by atoms with Gasteiger partial charge in [0.1, 0.15) is 22.3 Å². The van der Waals surface area contributed by atoms with Crippen LogP contribution in [0.4, 0.5) is 17.1 Å². The van der Waals surface area contributed by atoms with Gasteiger partial charge in [-0.1, -0.05) is 182 Å². The summed E-state index contributed by atoms with van der Waals surface area (Å²) in [7, 11) is 0. The van der Waals surface area contributed by atoms with Gasteiger partial charge in [-0.15, -0.1) is 0 Å². The highest BCUT2D eigenvalue weighted by Gasteiger charge is 2.22. The molecule has 13 aromatic rings. The molecule has 0 saturated carbocycles. The Bertz CT molecular complexity index is 3920. The molecule has 11 aromatic carbocycles. The lowest BCUT2D eigenvalue weighted by molar-refractivity contribution is 0.669. The molecule has 2 heterocycles. The first-order valence-electron chi connectivity index (χ1n) is 22.2. The SMILES string of the molecule is c1ccc(-c2c(-c3ccccc3)c3cc(-c4ccc(N(c5ccc(-c6cccc7c6oc6ccccc67)cc5)c5cccc6oc7ccccc7c56)cc4)ccc3c3ccccc23)cc1. The lowest BCUT2D eigenvalue weighted by Crippen LogP contribution is -2.10. The summed E-state index contributed by atoms with van der Waals surface area (Å²) in [6, 6.07) is 84.7. The van der Waals surface area contributed by atoms with Crippen molar-refractivity contribution in [1.82, 2.24) is 0 Å². The van der Waals surface area contributed by atoms with Crippen LogP contribution in [0.5, 0.6) is 0 Å². The highest BCUT2D eigenvalue weighted by molar-refractivity contribution is 6.22. The number of hydrogen-bond acceptors (Lipinski definition) is 3. The molecule has 65 heavy (non-hydrogen) atoms. The Labute approximate surface area is 375 Å². The van der Waals surface area contributed by atoms with Crippen LogP contribution < -0.4 is 4.90 Å². The van der Waals surface area contributed by atoms with Gasteiger partial charge in [0, 0.05) is 33.1 Å². The molecule has 0 amide bonds. The lowest BCUT2D eigenvalue weighted by Gasteiger charge is -2.26. The van der Waals surface area contributed by atoms with Gasteiger partial charge in [-0.2, -0.15) is 0 Å². The van der Waals surface area contributed by atoms with E-state index in [9.17, 15) is 0 Å². The Morgan fingerprint density at radius 2 is 0.785 bits per heavy atom. The fourth-order valence-corrected chi connectivity index (χ4v) is 10.1. The second-order valence-electron chi connectivity index (χ2n) is 16.7. The van der Waals surface area contributed by atoms with E-state index in [1.165, 1.54) is 43.8 Å². The number of rotatable bonds is 7. The Hall–Kier alpha value is -8.66. The van der Waals surface area contributed by atoms with Crippen molar-refractivity contribution in [3.05, 3.63) is 237 Å². The Kier molecular flexibility index (Phi) is 8.53. The summed E-state index contributed by atoms with van der Waals surface area (Å²) in [6.07, 6.45) is 0. The second-order valence-corrected chi connectivity index (χ2v) is 16.7. The average Bonchev–Trinajstić information content (AvgIpc) is 3.96. The summed E-state index contributed by atoms with van der Waals surface area (Å²) < 4.78 is 12.9. The zero-order valence-corrected chi connectivity index (χ0v) is 35.3. The van der Waals surface area contributed by atoms with Crippen LogP contribution >= 0.6 is 0 Å². The molecule has 0 aliphatic carbocycles. The number of hydrogen-bond donors (Lipinski definition) is 0. The van der Waals surface area contributed by atoms with Crippen LogP contribution in [0.1, 0.15) is 0 Å². The maximum Gasteiger partial charge on any atom is 0.143 e. The molecule has 0 aliphatic heterocycles. The van der Waals surface area contributed by atoms with Crippen molar-refractivity contribution in [2.24, 2.45) is 0 Å². The molecular formula is C62H39NO2. The van der Waals surface area contributed by atoms with Gasteiger partial charge in [-0.25, -0.2) is 0 Å². The van der Waals surface area contributed by atoms with Crippen molar-refractivity contribution < 1.29 is 8.83 Å². The monoisotopic (exact) mass is 829 g/mol. The summed E-state index contributed by atoms with van der Waals surface area (Å²) >= 11 is 0. The van der Waals surface area contributed by atoms with Gasteiger partial charge in [0.2, 0.25) is 0 Å². The molecule has 2 aromatic heterocycles. The maximum absolute atomic E-state index is 6.46. The predicted molar refractivity (Wildman–Crippen MR) is 272 cm³/mol. The zero-order chi connectivity index (χ0) is 42.8. The summed E-state index contributed by atoms with van der Waals surface area (Å²) in [5.41, 5.74) is 16.0. The van der Waals surface area contributed by atoms with E-state index in [0.29, 0.717) is 0 Å². The summed E-state index contributed by atoms with van der Waals surface area (Å²) in [4.78, 5) is 2.35. The predicted octanol–water partition coefficient (Wildman–Crippen LogP) is 17.9. The van der Waals surface area contributed by atoms with Crippen molar-refractivity contribution >= 4 is 82.5 Å². The second kappa shape index (κ2) is 15.0. The Morgan fingerprint density at radius 1 is 0.277 bits per heavy atom. The van der Waals surface area contributed by atoms with E-state index in [4.69, 9.17) is 8.83 Å². The summed E-state index contributed by atoms with van der Waals surface area (Å²) in [5, 5.41) is 9.38. The number of para-hydroxylation sites is 3. The number of furan rings is 2. The van der Waals surface area contributed by atoms with Crippen molar-refractivity contribution in [3.8, 4) is 44.5 Å². The van der Waals surface area contributed by atoms with Crippen LogP contribution in [-0.2, 0) is 0 Å². The molecule has 0 aliphatic rings. The number of fused-ring (bicyclic) bond motifs is 9. The molecule has 3 nitrogen and oxygen atoms in total.